The van der Waals surface area contributed by atoms with Gasteiger partial charge in [0.05, 0.1) is 24.6 Å². The zero-order chi connectivity index (χ0) is 22.8. The zero-order valence-electron chi connectivity index (χ0n) is 18.8. The Morgan fingerprint density at radius 3 is 2.30 bits per heavy atom. The van der Waals surface area contributed by atoms with Crippen LogP contribution in [-0.4, -0.2) is 95.5 Å². The zero-order valence-corrected chi connectivity index (χ0v) is 18.8. The SMILES string of the molecule is O=C(CN1CCN(c2cnc(-c3ccc(F)cc3F)cn2)CC1)N1CCN(C2CCC2)CC1. The number of halogens is 2. The van der Waals surface area contributed by atoms with Crippen LogP contribution in [0.25, 0.3) is 11.3 Å². The molecule has 0 radical (unpaired) electrons. The minimum atomic E-state index is -0.653. The molecule has 0 atom stereocenters. The van der Waals surface area contributed by atoms with Gasteiger partial charge in [0.15, 0.2) is 0 Å². The van der Waals surface area contributed by atoms with Gasteiger partial charge in [0.2, 0.25) is 5.91 Å². The highest BCUT2D eigenvalue weighted by atomic mass is 19.1. The molecule has 2 saturated heterocycles. The number of amides is 1. The Kier molecular flexibility index (Phi) is 6.50. The lowest BCUT2D eigenvalue weighted by atomic mass is 9.91. The molecule has 33 heavy (non-hydrogen) atoms. The van der Waals surface area contributed by atoms with E-state index in [1.54, 1.807) is 6.20 Å². The molecule has 0 N–H and O–H groups in total. The van der Waals surface area contributed by atoms with E-state index >= 15 is 0 Å². The largest absolute Gasteiger partial charge is 0.353 e. The highest BCUT2D eigenvalue weighted by Crippen LogP contribution is 2.26. The van der Waals surface area contributed by atoms with Gasteiger partial charge in [-0.2, -0.15) is 0 Å². The molecule has 1 aromatic carbocycles. The Labute approximate surface area is 193 Å². The molecular formula is C24H30F2N6O. The Morgan fingerprint density at radius 1 is 0.939 bits per heavy atom. The highest BCUT2D eigenvalue weighted by Gasteiger charge is 2.30. The second kappa shape index (κ2) is 9.69. The monoisotopic (exact) mass is 456 g/mol. The lowest BCUT2D eigenvalue weighted by Gasteiger charge is -2.43. The van der Waals surface area contributed by atoms with Gasteiger partial charge in [0, 0.05) is 70.0 Å². The standard InChI is InChI=1S/C24H30F2N6O/c25-18-4-5-20(21(26)14-18)22-15-28-23(16-27-22)31-8-6-29(7-9-31)17-24(33)32-12-10-30(11-13-32)19-2-1-3-19/h4-5,14-16,19H,1-3,6-13,17H2. The lowest BCUT2D eigenvalue weighted by Crippen LogP contribution is -2.56. The van der Waals surface area contributed by atoms with E-state index in [1.165, 1.54) is 37.6 Å². The van der Waals surface area contributed by atoms with Crippen LogP contribution in [0, 0.1) is 11.6 Å². The van der Waals surface area contributed by atoms with Crippen molar-refractivity contribution in [3.8, 4) is 11.3 Å². The van der Waals surface area contributed by atoms with E-state index in [4.69, 9.17) is 0 Å². The Hall–Kier alpha value is -2.65. The second-order valence-electron chi connectivity index (χ2n) is 9.15. The van der Waals surface area contributed by atoms with Crippen LogP contribution in [0.1, 0.15) is 19.3 Å². The predicted molar refractivity (Wildman–Crippen MR) is 122 cm³/mol. The molecule has 5 rings (SSSR count). The molecule has 0 spiro atoms. The molecule has 2 aromatic rings. The number of rotatable bonds is 5. The summed E-state index contributed by atoms with van der Waals surface area (Å²) in [4.78, 5) is 30.4. The second-order valence-corrected chi connectivity index (χ2v) is 9.15. The molecule has 1 amide bonds. The van der Waals surface area contributed by atoms with Crippen LogP contribution in [-0.2, 0) is 4.79 Å². The minimum Gasteiger partial charge on any atom is -0.353 e. The molecule has 3 aliphatic rings. The molecule has 1 aliphatic carbocycles. The topological polar surface area (TPSA) is 55.8 Å². The maximum Gasteiger partial charge on any atom is 0.236 e. The maximum atomic E-state index is 14.0. The first-order valence-corrected chi connectivity index (χ1v) is 11.8. The molecule has 1 saturated carbocycles. The van der Waals surface area contributed by atoms with E-state index in [9.17, 15) is 13.6 Å². The van der Waals surface area contributed by atoms with Crippen molar-refractivity contribution in [1.29, 1.82) is 0 Å². The van der Waals surface area contributed by atoms with E-state index in [2.05, 4.69) is 24.7 Å². The van der Waals surface area contributed by atoms with E-state index in [1.807, 2.05) is 4.90 Å². The van der Waals surface area contributed by atoms with Crippen LogP contribution in [0.15, 0.2) is 30.6 Å². The van der Waals surface area contributed by atoms with Gasteiger partial charge in [0.1, 0.15) is 17.5 Å². The Bertz CT molecular complexity index is 967. The van der Waals surface area contributed by atoms with Crippen molar-refractivity contribution in [2.75, 3.05) is 63.8 Å². The van der Waals surface area contributed by atoms with Gasteiger partial charge in [-0.1, -0.05) is 6.42 Å². The van der Waals surface area contributed by atoms with Crippen LogP contribution in [0.3, 0.4) is 0 Å². The third kappa shape index (κ3) is 4.99. The molecule has 1 aromatic heterocycles. The van der Waals surface area contributed by atoms with Crippen LogP contribution in [0.2, 0.25) is 0 Å². The summed E-state index contributed by atoms with van der Waals surface area (Å²) in [6.07, 6.45) is 7.12. The fourth-order valence-corrected chi connectivity index (χ4v) is 4.84. The normalized spacial score (nSPS) is 20.7. The first-order chi connectivity index (χ1) is 16.1. The summed E-state index contributed by atoms with van der Waals surface area (Å²) in [7, 11) is 0. The predicted octanol–water partition coefficient (Wildman–Crippen LogP) is 2.24. The van der Waals surface area contributed by atoms with Gasteiger partial charge in [0.25, 0.3) is 0 Å². The molecule has 9 heteroatoms. The summed E-state index contributed by atoms with van der Waals surface area (Å²) in [6, 6.07) is 4.18. The van der Waals surface area contributed by atoms with Crippen LogP contribution >= 0.6 is 0 Å². The van der Waals surface area contributed by atoms with Crippen molar-refractivity contribution < 1.29 is 13.6 Å². The first-order valence-electron chi connectivity index (χ1n) is 11.8. The van der Waals surface area contributed by atoms with E-state index in [0.717, 1.165) is 70.3 Å². The van der Waals surface area contributed by atoms with Gasteiger partial charge >= 0.3 is 0 Å². The summed E-state index contributed by atoms with van der Waals surface area (Å²) in [5, 5.41) is 0. The molecule has 7 nitrogen and oxygen atoms in total. The molecular weight excluding hydrogens is 426 g/mol. The fraction of sp³-hybridized carbons (Fsp3) is 0.542. The van der Waals surface area contributed by atoms with Gasteiger partial charge in [-0.3, -0.25) is 19.6 Å². The van der Waals surface area contributed by atoms with E-state index in [-0.39, 0.29) is 11.5 Å². The van der Waals surface area contributed by atoms with Crippen LogP contribution in [0.5, 0.6) is 0 Å². The Morgan fingerprint density at radius 2 is 1.70 bits per heavy atom. The van der Waals surface area contributed by atoms with E-state index in [0.29, 0.717) is 12.2 Å². The smallest absolute Gasteiger partial charge is 0.236 e. The fourth-order valence-electron chi connectivity index (χ4n) is 4.84. The van der Waals surface area contributed by atoms with Gasteiger partial charge in [-0.25, -0.2) is 13.8 Å². The number of hydrogen-bond donors (Lipinski definition) is 0. The summed E-state index contributed by atoms with van der Waals surface area (Å²) in [6.45, 7) is 7.21. The molecule has 2 aliphatic heterocycles. The third-order valence-corrected chi connectivity index (χ3v) is 7.16. The van der Waals surface area contributed by atoms with Crippen molar-refractivity contribution >= 4 is 11.7 Å². The quantitative estimate of drug-likeness (QED) is 0.688. The molecule has 176 valence electrons. The van der Waals surface area contributed by atoms with Gasteiger partial charge in [-0.15, -0.1) is 0 Å². The lowest BCUT2D eigenvalue weighted by molar-refractivity contribution is -0.134. The molecule has 3 heterocycles. The third-order valence-electron chi connectivity index (χ3n) is 7.16. The van der Waals surface area contributed by atoms with Crippen LogP contribution in [0.4, 0.5) is 14.6 Å². The van der Waals surface area contributed by atoms with Gasteiger partial charge in [-0.05, 0) is 25.0 Å². The van der Waals surface area contributed by atoms with Crippen molar-refractivity contribution in [1.82, 2.24) is 24.7 Å². The Balaban J connectivity index is 1.09. The van der Waals surface area contributed by atoms with Crippen LogP contribution < -0.4 is 4.90 Å². The summed E-state index contributed by atoms with van der Waals surface area (Å²) in [5.74, 6) is -0.325. The average molecular weight is 457 g/mol. The number of benzene rings is 1. The number of piperazine rings is 2. The van der Waals surface area contributed by atoms with Crippen molar-refractivity contribution in [2.24, 2.45) is 0 Å². The molecule has 0 bridgehead atoms. The number of nitrogens with zero attached hydrogens (tertiary/aromatic N) is 6. The number of carbonyl (C=O) groups excluding carboxylic acids is 1. The van der Waals surface area contributed by atoms with Crippen molar-refractivity contribution in [2.45, 2.75) is 25.3 Å². The average Bonchev–Trinajstić information content (AvgIpc) is 2.79. The van der Waals surface area contributed by atoms with Crippen molar-refractivity contribution in [3.05, 3.63) is 42.2 Å². The summed E-state index contributed by atoms with van der Waals surface area (Å²) >= 11 is 0. The minimum absolute atomic E-state index is 0.224. The van der Waals surface area contributed by atoms with Crippen molar-refractivity contribution in [3.63, 3.8) is 0 Å². The molecule has 3 fully saturated rings. The van der Waals surface area contributed by atoms with Gasteiger partial charge < -0.3 is 9.80 Å². The first kappa shape index (κ1) is 22.2. The number of aromatic nitrogens is 2. The molecule has 0 unspecified atom stereocenters. The summed E-state index contributed by atoms with van der Waals surface area (Å²) in [5.41, 5.74) is 0.602. The number of hydrogen-bond acceptors (Lipinski definition) is 6. The summed E-state index contributed by atoms with van der Waals surface area (Å²) < 4.78 is 27.1. The highest BCUT2D eigenvalue weighted by molar-refractivity contribution is 5.78. The maximum absolute atomic E-state index is 14.0. The van der Waals surface area contributed by atoms with E-state index < -0.39 is 11.6 Å². The number of carbonyl (C=O) groups is 1. The number of anilines is 1.